The van der Waals surface area contributed by atoms with E-state index in [0.29, 0.717) is 23.6 Å². The van der Waals surface area contributed by atoms with Gasteiger partial charge in [0.1, 0.15) is 17.1 Å². The number of hydrogen-bond donors (Lipinski definition) is 2. The van der Waals surface area contributed by atoms with Crippen molar-refractivity contribution in [2.45, 2.75) is 6.42 Å². The lowest BCUT2D eigenvalue weighted by Crippen LogP contribution is -2.22. The maximum atomic E-state index is 13.4. The van der Waals surface area contributed by atoms with Crippen LogP contribution in [0.4, 0.5) is 16.0 Å². The summed E-state index contributed by atoms with van der Waals surface area (Å²) < 4.78 is 14.9. The average Bonchev–Trinajstić information content (AvgIpc) is 3.23. The summed E-state index contributed by atoms with van der Waals surface area (Å²) in [4.78, 5) is 29.1. The van der Waals surface area contributed by atoms with E-state index in [1.54, 1.807) is 31.6 Å². The standard InChI is InChI=1S/C22H16ClFN6O/c1-30-20-15(8-14(21(30)31)6-12-2-3-18(24)17(23)7-12)10-27-22(29-20)28-16-9-13-4-5-25-19(13)26-11-16/h2-5,7-11H,6H2,1H3,(H,25,26)(H,27,28,29). The van der Waals surface area contributed by atoms with Crippen molar-refractivity contribution in [1.29, 1.82) is 0 Å². The van der Waals surface area contributed by atoms with Crippen LogP contribution in [0.3, 0.4) is 0 Å². The Morgan fingerprint density at radius 3 is 2.84 bits per heavy atom. The largest absolute Gasteiger partial charge is 0.346 e. The molecule has 0 amide bonds. The van der Waals surface area contributed by atoms with E-state index in [1.807, 2.05) is 18.3 Å². The molecule has 0 atom stereocenters. The molecule has 0 aliphatic rings. The molecule has 31 heavy (non-hydrogen) atoms. The van der Waals surface area contributed by atoms with Crippen molar-refractivity contribution >= 4 is 45.3 Å². The van der Waals surface area contributed by atoms with Gasteiger partial charge in [0.25, 0.3) is 5.56 Å². The highest BCUT2D eigenvalue weighted by Crippen LogP contribution is 2.21. The summed E-state index contributed by atoms with van der Waals surface area (Å²) in [7, 11) is 1.66. The van der Waals surface area contributed by atoms with Gasteiger partial charge in [-0.2, -0.15) is 4.98 Å². The van der Waals surface area contributed by atoms with Gasteiger partial charge in [-0.1, -0.05) is 17.7 Å². The second-order valence-corrected chi connectivity index (χ2v) is 7.60. The van der Waals surface area contributed by atoms with Crippen LogP contribution in [-0.4, -0.2) is 24.5 Å². The molecule has 0 unspecified atom stereocenters. The number of nitrogens with zero attached hydrogens (tertiary/aromatic N) is 4. The van der Waals surface area contributed by atoms with E-state index in [4.69, 9.17) is 11.6 Å². The topological polar surface area (TPSA) is 88.5 Å². The van der Waals surface area contributed by atoms with E-state index in [-0.39, 0.29) is 10.6 Å². The minimum absolute atomic E-state index is 0.0291. The number of aromatic amines is 1. The predicted octanol–water partition coefficient (Wildman–Crippen LogP) is 4.33. The van der Waals surface area contributed by atoms with Crippen LogP contribution in [0.1, 0.15) is 11.1 Å². The molecule has 0 bridgehead atoms. The Balaban J connectivity index is 1.49. The van der Waals surface area contributed by atoms with E-state index < -0.39 is 5.82 Å². The molecule has 5 aromatic rings. The highest BCUT2D eigenvalue weighted by Gasteiger charge is 2.12. The van der Waals surface area contributed by atoms with Crippen molar-refractivity contribution in [3.05, 3.63) is 87.3 Å². The Morgan fingerprint density at radius 2 is 2.00 bits per heavy atom. The minimum Gasteiger partial charge on any atom is -0.346 e. The van der Waals surface area contributed by atoms with Crippen LogP contribution in [-0.2, 0) is 13.5 Å². The molecule has 0 fully saturated rings. The number of benzene rings is 1. The first kappa shape index (κ1) is 19.2. The fraction of sp³-hybridized carbons (Fsp3) is 0.0909. The van der Waals surface area contributed by atoms with Crippen LogP contribution in [0.25, 0.3) is 22.1 Å². The molecule has 0 saturated carbocycles. The lowest BCUT2D eigenvalue weighted by molar-refractivity contribution is 0.627. The fourth-order valence-electron chi connectivity index (χ4n) is 3.51. The van der Waals surface area contributed by atoms with Gasteiger partial charge in [-0.15, -0.1) is 0 Å². The zero-order valence-electron chi connectivity index (χ0n) is 16.4. The highest BCUT2D eigenvalue weighted by atomic mass is 35.5. The van der Waals surface area contributed by atoms with Crippen molar-refractivity contribution in [1.82, 2.24) is 24.5 Å². The third-order valence-electron chi connectivity index (χ3n) is 5.06. The van der Waals surface area contributed by atoms with Gasteiger partial charge in [-0.25, -0.2) is 14.4 Å². The number of nitrogens with one attached hydrogen (secondary N) is 2. The fourth-order valence-corrected chi connectivity index (χ4v) is 3.71. The SMILES string of the molecule is Cn1c(=O)c(Cc2ccc(F)c(Cl)c2)cc2cnc(Nc3cnc4[nH]ccc4c3)nc21. The van der Waals surface area contributed by atoms with Gasteiger partial charge in [0.2, 0.25) is 5.95 Å². The van der Waals surface area contributed by atoms with Gasteiger partial charge in [-0.05, 0) is 35.9 Å². The van der Waals surface area contributed by atoms with Gasteiger partial charge in [0.05, 0.1) is 16.9 Å². The van der Waals surface area contributed by atoms with Crippen molar-refractivity contribution in [3.63, 3.8) is 0 Å². The maximum absolute atomic E-state index is 13.4. The predicted molar refractivity (Wildman–Crippen MR) is 118 cm³/mol. The van der Waals surface area contributed by atoms with E-state index in [0.717, 1.165) is 27.7 Å². The second kappa shape index (κ2) is 7.48. The van der Waals surface area contributed by atoms with Gasteiger partial charge in [0.15, 0.2) is 0 Å². The number of fused-ring (bicyclic) bond motifs is 2. The quantitative estimate of drug-likeness (QED) is 0.439. The van der Waals surface area contributed by atoms with Crippen molar-refractivity contribution in [2.75, 3.05) is 5.32 Å². The highest BCUT2D eigenvalue weighted by molar-refractivity contribution is 6.30. The molecule has 1 aromatic carbocycles. The zero-order valence-corrected chi connectivity index (χ0v) is 17.1. The third kappa shape index (κ3) is 3.62. The summed E-state index contributed by atoms with van der Waals surface area (Å²) >= 11 is 5.86. The molecule has 4 heterocycles. The Labute approximate surface area is 180 Å². The molecule has 2 N–H and O–H groups in total. The minimum atomic E-state index is -0.490. The summed E-state index contributed by atoms with van der Waals surface area (Å²) in [6, 6.07) is 10.1. The van der Waals surface area contributed by atoms with Crippen LogP contribution in [0, 0.1) is 5.82 Å². The van der Waals surface area contributed by atoms with Crippen LogP contribution in [0.5, 0.6) is 0 Å². The lowest BCUT2D eigenvalue weighted by atomic mass is 10.1. The van der Waals surface area contributed by atoms with Gasteiger partial charge in [-0.3, -0.25) is 9.36 Å². The smallest absolute Gasteiger partial charge is 0.255 e. The molecule has 0 aliphatic carbocycles. The maximum Gasteiger partial charge on any atom is 0.255 e. The van der Waals surface area contributed by atoms with Crippen LogP contribution >= 0.6 is 11.6 Å². The number of aromatic nitrogens is 5. The molecule has 154 valence electrons. The Morgan fingerprint density at radius 1 is 1.13 bits per heavy atom. The summed E-state index contributed by atoms with van der Waals surface area (Å²) in [6.07, 6.45) is 5.49. The summed E-state index contributed by atoms with van der Waals surface area (Å²) in [5.41, 5.74) is 3.13. The number of anilines is 2. The number of rotatable bonds is 4. The van der Waals surface area contributed by atoms with E-state index in [9.17, 15) is 9.18 Å². The third-order valence-corrected chi connectivity index (χ3v) is 5.35. The number of hydrogen-bond acceptors (Lipinski definition) is 5. The number of pyridine rings is 2. The van der Waals surface area contributed by atoms with E-state index in [1.165, 1.54) is 16.7 Å². The van der Waals surface area contributed by atoms with E-state index in [2.05, 4.69) is 25.3 Å². The zero-order chi connectivity index (χ0) is 21.5. The normalized spacial score (nSPS) is 11.3. The van der Waals surface area contributed by atoms with Gasteiger partial charge >= 0.3 is 0 Å². The molecule has 4 aromatic heterocycles. The van der Waals surface area contributed by atoms with Crippen LogP contribution < -0.4 is 10.9 Å². The van der Waals surface area contributed by atoms with Crippen LogP contribution in [0.2, 0.25) is 5.02 Å². The molecule has 5 rings (SSSR count). The molecule has 0 radical (unpaired) electrons. The Bertz CT molecular complexity index is 1510. The molecule has 7 nitrogen and oxygen atoms in total. The first-order chi connectivity index (χ1) is 15.0. The molecular weight excluding hydrogens is 419 g/mol. The summed E-state index contributed by atoms with van der Waals surface area (Å²) in [5.74, 6) is -0.131. The van der Waals surface area contributed by atoms with Gasteiger partial charge in [0, 0.05) is 42.2 Å². The lowest BCUT2D eigenvalue weighted by Gasteiger charge is -2.10. The molecule has 0 aliphatic heterocycles. The molecule has 9 heteroatoms. The second-order valence-electron chi connectivity index (χ2n) is 7.20. The van der Waals surface area contributed by atoms with Crippen molar-refractivity contribution < 1.29 is 4.39 Å². The first-order valence-electron chi connectivity index (χ1n) is 9.48. The molecule has 0 spiro atoms. The van der Waals surface area contributed by atoms with Crippen molar-refractivity contribution in [3.8, 4) is 0 Å². The Hall–Kier alpha value is -3.78. The van der Waals surface area contributed by atoms with Crippen molar-refractivity contribution in [2.24, 2.45) is 7.05 Å². The van der Waals surface area contributed by atoms with Gasteiger partial charge < -0.3 is 10.3 Å². The number of H-pyrrole nitrogens is 1. The summed E-state index contributed by atoms with van der Waals surface area (Å²) in [5, 5.41) is 4.84. The first-order valence-corrected chi connectivity index (χ1v) is 9.85. The number of aryl methyl sites for hydroxylation is 1. The average molecular weight is 435 g/mol. The molecule has 0 saturated heterocycles. The molecular formula is C22H16ClFN6O. The van der Waals surface area contributed by atoms with E-state index >= 15 is 0 Å². The van der Waals surface area contributed by atoms with Crippen LogP contribution in [0.15, 0.2) is 59.8 Å². The monoisotopic (exact) mass is 434 g/mol. The summed E-state index contributed by atoms with van der Waals surface area (Å²) in [6.45, 7) is 0. The Kier molecular flexibility index (Phi) is 4.63. The number of halogens is 2.